The standard InChI is InChI=1S/C41H74O6/c1-4-5-6-7-8-9-10-11-15-18-21-24-27-31-38(43)32-29-34-40(44)46-36-39(35-42)47-41(45)33-28-25-22-19-16-13-12-14-17-20-23-26-30-37(2)3/h11,15,21,24,27,31,37-39,42-43H,4-10,12-14,16-20,22-23,25-26,28-30,32-36H2,1-3H3/b15-11+,24-21+,31-27+/t38?,39-/m0/s1. The first-order valence-electron chi connectivity index (χ1n) is 19.5. The number of esters is 2. The van der Waals surface area contributed by atoms with Crippen molar-refractivity contribution in [1.29, 1.82) is 0 Å². The van der Waals surface area contributed by atoms with Gasteiger partial charge in [0.1, 0.15) is 6.61 Å². The SMILES string of the molecule is CCCCCCCC/C=C/C/C=C/C=C/C(O)CCCC(=O)OC[C@H](CO)OC(=O)CCCCCCCCCCCCCCC(C)C. The second-order valence-corrected chi connectivity index (χ2v) is 13.7. The number of aliphatic hydroxyl groups is 2. The predicted molar refractivity (Wildman–Crippen MR) is 197 cm³/mol. The molecule has 0 aliphatic carbocycles. The Labute approximate surface area is 289 Å². The molecular weight excluding hydrogens is 588 g/mol. The third kappa shape index (κ3) is 35.2. The Hall–Kier alpha value is -1.92. The van der Waals surface area contributed by atoms with Crippen LogP contribution in [0.2, 0.25) is 0 Å². The molecule has 0 bridgehead atoms. The summed E-state index contributed by atoms with van der Waals surface area (Å²) < 4.78 is 10.5. The molecular formula is C41H74O6. The van der Waals surface area contributed by atoms with E-state index in [0.717, 1.165) is 38.0 Å². The van der Waals surface area contributed by atoms with Crippen molar-refractivity contribution in [3.05, 3.63) is 36.5 Å². The van der Waals surface area contributed by atoms with Crippen molar-refractivity contribution < 1.29 is 29.3 Å². The van der Waals surface area contributed by atoms with E-state index in [9.17, 15) is 19.8 Å². The Morgan fingerprint density at radius 3 is 1.83 bits per heavy atom. The van der Waals surface area contributed by atoms with Gasteiger partial charge in [0, 0.05) is 12.8 Å². The van der Waals surface area contributed by atoms with E-state index >= 15 is 0 Å². The summed E-state index contributed by atoms with van der Waals surface area (Å²) in [6.07, 6.45) is 38.1. The maximum atomic E-state index is 12.2. The fraction of sp³-hybridized carbons (Fsp3) is 0.805. The number of carbonyl (C=O) groups is 2. The number of hydrogen-bond acceptors (Lipinski definition) is 6. The molecule has 0 spiro atoms. The van der Waals surface area contributed by atoms with Gasteiger partial charge in [0.15, 0.2) is 6.10 Å². The first-order valence-corrected chi connectivity index (χ1v) is 19.5. The summed E-state index contributed by atoms with van der Waals surface area (Å²) in [6, 6.07) is 0. The molecule has 0 saturated carbocycles. The van der Waals surface area contributed by atoms with Gasteiger partial charge in [0.25, 0.3) is 0 Å². The van der Waals surface area contributed by atoms with E-state index in [4.69, 9.17) is 9.47 Å². The van der Waals surface area contributed by atoms with Crippen molar-refractivity contribution in [2.75, 3.05) is 13.2 Å². The Bertz CT molecular complexity index is 787. The van der Waals surface area contributed by atoms with Crippen molar-refractivity contribution in [3.8, 4) is 0 Å². The van der Waals surface area contributed by atoms with Crippen LogP contribution in [-0.4, -0.2) is 47.6 Å². The average molecular weight is 663 g/mol. The van der Waals surface area contributed by atoms with Gasteiger partial charge < -0.3 is 19.7 Å². The largest absolute Gasteiger partial charge is 0.462 e. The lowest BCUT2D eigenvalue weighted by Gasteiger charge is -2.16. The van der Waals surface area contributed by atoms with Gasteiger partial charge in [-0.2, -0.15) is 0 Å². The monoisotopic (exact) mass is 663 g/mol. The van der Waals surface area contributed by atoms with Crippen LogP contribution in [0.15, 0.2) is 36.5 Å². The van der Waals surface area contributed by atoms with Gasteiger partial charge in [-0.3, -0.25) is 9.59 Å². The molecule has 0 aromatic rings. The van der Waals surface area contributed by atoms with Crippen LogP contribution in [0.5, 0.6) is 0 Å². The molecule has 0 aromatic carbocycles. The third-order valence-electron chi connectivity index (χ3n) is 8.47. The van der Waals surface area contributed by atoms with Crippen LogP contribution in [0.4, 0.5) is 0 Å². The molecule has 47 heavy (non-hydrogen) atoms. The van der Waals surface area contributed by atoms with Crippen molar-refractivity contribution in [1.82, 2.24) is 0 Å². The van der Waals surface area contributed by atoms with Crippen molar-refractivity contribution in [2.45, 2.75) is 193 Å². The van der Waals surface area contributed by atoms with Crippen molar-refractivity contribution in [2.24, 2.45) is 5.92 Å². The zero-order valence-corrected chi connectivity index (χ0v) is 30.8. The Morgan fingerprint density at radius 2 is 1.21 bits per heavy atom. The van der Waals surface area contributed by atoms with Gasteiger partial charge in [-0.05, 0) is 44.4 Å². The van der Waals surface area contributed by atoms with E-state index in [1.165, 1.54) is 103 Å². The van der Waals surface area contributed by atoms with Crippen LogP contribution in [0.3, 0.4) is 0 Å². The van der Waals surface area contributed by atoms with Gasteiger partial charge >= 0.3 is 11.9 Å². The fourth-order valence-corrected chi connectivity index (χ4v) is 5.45. The number of carbonyl (C=O) groups excluding carboxylic acids is 2. The molecule has 0 rings (SSSR count). The van der Waals surface area contributed by atoms with E-state index in [1.807, 2.05) is 12.2 Å². The quantitative estimate of drug-likeness (QED) is 0.0308. The molecule has 0 saturated heterocycles. The zero-order chi connectivity index (χ0) is 34.6. The highest BCUT2D eigenvalue weighted by Gasteiger charge is 2.16. The molecule has 6 nitrogen and oxygen atoms in total. The van der Waals surface area contributed by atoms with Crippen LogP contribution in [-0.2, 0) is 19.1 Å². The minimum absolute atomic E-state index is 0.153. The molecule has 2 atom stereocenters. The summed E-state index contributed by atoms with van der Waals surface area (Å²) in [5, 5.41) is 19.7. The molecule has 1 unspecified atom stereocenters. The molecule has 0 fully saturated rings. The lowest BCUT2D eigenvalue weighted by atomic mass is 10.0. The number of hydrogen-bond donors (Lipinski definition) is 2. The average Bonchev–Trinajstić information content (AvgIpc) is 3.05. The van der Waals surface area contributed by atoms with Gasteiger partial charge in [-0.15, -0.1) is 0 Å². The Balaban J connectivity index is 3.74. The minimum atomic E-state index is -0.840. The lowest BCUT2D eigenvalue weighted by molar-refractivity contribution is -0.161. The molecule has 0 aliphatic heterocycles. The highest BCUT2D eigenvalue weighted by atomic mass is 16.6. The molecule has 0 amide bonds. The van der Waals surface area contributed by atoms with Gasteiger partial charge in [-0.25, -0.2) is 0 Å². The van der Waals surface area contributed by atoms with E-state index in [-0.39, 0.29) is 25.6 Å². The van der Waals surface area contributed by atoms with Crippen LogP contribution in [0.1, 0.15) is 181 Å². The summed E-state index contributed by atoms with van der Waals surface area (Å²) in [6.45, 7) is 6.30. The highest BCUT2D eigenvalue weighted by molar-refractivity contribution is 5.70. The van der Waals surface area contributed by atoms with Crippen LogP contribution in [0.25, 0.3) is 0 Å². The first-order chi connectivity index (χ1) is 22.9. The normalized spacial score (nSPS) is 13.3. The molecule has 0 aromatic heterocycles. The second-order valence-electron chi connectivity index (χ2n) is 13.7. The van der Waals surface area contributed by atoms with E-state index in [1.54, 1.807) is 6.08 Å². The molecule has 274 valence electrons. The molecule has 0 aliphatic rings. The van der Waals surface area contributed by atoms with Gasteiger partial charge in [-0.1, -0.05) is 166 Å². The maximum Gasteiger partial charge on any atom is 0.306 e. The molecule has 2 N–H and O–H groups in total. The topological polar surface area (TPSA) is 93.1 Å². The fourth-order valence-electron chi connectivity index (χ4n) is 5.45. The Kier molecular flexibility index (Phi) is 33.9. The zero-order valence-electron chi connectivity index (χ0n) is 30.8. The number of aliphatic hydroxyl groups excluding tert-OH is 2. The minimum Gasteiger partial charge on any atom is -0.462 e. The smallest absolute Gasteiger partial charge is 0.306 e. The molecule has 6 heteroatoms. The predicted octanol–water partition coefficient (Wildman–Crippen LogP) is 10.9. The highest BCUT2D eigenvalue weighted by Crippen LogP contribution is 2.15. The molecule has 0 heterocycles. The first kappa shape index (κ1) is 45.1. The summed E-state index contributed by atoms with van der Waals surface area (Å²) in [7, 11) is 0. The van der Waals surface area contributed by atoms with Crippen LogP contribution < -0.4 is 0 Å². The Morgan fingerprint density at radius 1 is 0.638 bits per heavy atom. The van der Waals surface area contributed by atoms with E-state index in [2.05, 4.69) is 39.0 Å². The van der Waals surface area contributed by atoms with E-state index < -0.39 is 18.2 Å². The number of ether oxygens (including phenoxy) is 2. The second kappa shape index (κ2) is 35.4. The summed E-state index contributed by atoms with van der Waals surface area (Å²) in [4.78, 5) is 24.2. The number of unbranched alkanes of at least 4 members (excludes halogenated alkanes) is 17. The number of allylic oxidation sites excluding steroid dienone is 5. The summed E-state index contributed by atoms with van der Waals surface area (Å²) >= 11 is 0. The van der Waals surface area contributed by atoms with Crippen molar-refractivity contribution >= 4 is 11.9 Å². The van der Waals surface area contributed by atoms with Crippen LogP contribution in [0, 0.1) is 5.92 Å². The lowest BCUT2D eigenvalue weighted by Crippen LogP contribution is -2.28. The molecule has 0 radical (unpaired) electrons. The van der Waals surface area contributed by atoms with E-state index in [0.29, 0.717) is 19.3 Å². The van der Waals surface area contributed by atoms with Gasteiger partial charge in [0.05, 0.1) is 12.7 Å². The van der Waals surface area contributed by atoms with Crippen LogP contribution >= 0.6 is 0 Å². The maximum absolute atomic E-state index is 12.2. The van der Waals surface area contributed by atoms with Gasteiger partial charge in [0.2, 0.25) is 0 Å². The summed E-state index contributed by atoms with van der Waals surface area (Å²) in [5.74, 6) is 0.0446. The third-order valence-corrected chi connectivity index (χ3v) is 8.47. The van der Waals surface area contributed by atoms with Crippen molar-refractivity contribution in [3.63, 3.8) is 0 Å². The number of rotatable bonds is 34. The summed E-state index contributed by atoms with van der Waals surface area (Å²) in [5.41, 5.74) is 0.